The van der Waals surface area contributed by atoms with E-state index in [1.807, 2.05) is 0 Å². The number of hydrogen-bond acceptors (Lipinski definition) is 9. The third-order valence-corrected chi connectivity index (χ3v) is 5.37. The Morgan fingerprint density at radius 1 is 1.28 bits per heavy atom. The van der Waals surface area contributed by atoms with Crippen LogP contribution in [0.1, 0.15) is 33.6 Å². The lowest BCUT2D eigenvalue weighted by Crippen LogP contribution is -2.46. The van der Waals surface area contributed by atoms with Gasteiger partial charge >= 0.3 is 23.9 Å². The summed E-state index contributed by atoms with van der Waals surface area (Å²) in [6, 6.07) is 0. The summed E-state index contributed by atoms with van der Waals surface area (Å²) < 4.78 is 21.4. The molecule has 0 unspecified atom stereocenters. The summed E-state index contributed by atoms with van der Waals surface area (Å²) in [4.78, 5) is 49.6. The Bertz CT molecular complexity index is 893. The first kappa shape index (κ1) is 25.1. The van der Waals surface area contributed by atoms with Crippen LogP contribution in [0, 0.1) is 5.92 Å². The molecule has 0 spiro atoms. The molecule has 32 heavy (non-hydrogen) atoms. The van der Waals surface area contributed by atoms with Gasteiger partial charge in [0.2, 0.25) is 0 Å². The number of methoxy groups -OCH3 is 1. The number of aliphatic hydroxyl groups is 1. The molecule has 174 valence electrons. The maximum Gasteiger partial charge on any atom is 0.337 e. The molecule has 0 saturated carbocycles. The van der Waals surface area contributed by atoms with E-state index in [4.69, 9.17) is 18.9 Å². The van der Waals surface area contributed by atoms with Crippen LogP contribution < -0.4 is 0 Å². The third kappa shape index (κ3) is 5.53. The zero-order valence-corrected chi connectivity index (χ0v) is 18.6. The lowest BCUT2D eigenvalue weighted by atomic mass is 9.83. The Morgan fingerprint density at radius 2 is 1.97 bits per heavy atom. The van der Waals surface area contributed by atoms with Crippen molar-refractivity contribution in [2.24, 2.45) is 5.92 Å². The molecule has 1 saturated heterocycles. The Labute approximate surface area is 186 Å². The van der Waals surface area contributed by atoms with Crippen LogP contribution in [0.4, 0.5) is 0 Å². The Kier molecular flexibility index (Phi) is 8.54. The topological polar surface area (TPSA) is 125 Å². The zero-order chi connectivity index (χ0) is 24.0. The van der Waals surface area contributed by atoms with Crippen LogP contribution in [0.5, 0.6) is 0 Å². The number of rotatable bonds is 5. The second-order valence-corrected chi connectivity index (χ2v) is 7.47. The second-order valence-electron chi connectivity index (χ2n) is 7.47. The van der Waals surface area contributed by atoms with E-state index < -0.39 is 48.1 Å². The first-order valence-corrected chi connectivity index (χ1v) is 10.1. The van der Waals surface area contributed by atoms with Gasteiger partial charge in [-0.1, -0.05) is 18.7 Å². The Balaban J connectivity index is 2.73. The van der Waals surface area contributed by atoms with E-state index in [-0.39, 0.29) is 29.7 Å². The van der Waals surface area contributed by atoms with Crippen molar-refractivity contribution in [2.75, 3.05) is 13.7 Å². The van der Waals surface area contributed by atoms with Crippen LogP contribution in [0.3, 0.4) is 0 Å². The predicted molar refractivity (Wildman–Crippen MR) is 112 cm³/mol. The molecule has 9 heteroatoms. The number of carbonyl (C=O) groups excluding carboxylic acids is 4. The number of esters is 4. The standard InChI is InChI=1S/C23H28O9/c1-6-12(2)21(26)32-20-18-13(3)22(27)31-17(18)10-15(11-24)8-7-9-16(23(28)29-5)19(20)30-14(4)25/h6,9-10,17-20,24H,3,7-8,11H2,1-2,4-5H3/b12-6+,15-10-,16-9-/t17-,18-,19-,20+/m1/s1. The fraction of sp³-hybridized carbons (Fsp3) is 0.478. The van der Waals surface area contributed by atoms with Crippen molar-refractivity contribution in [3.05, 3.63) is 47.1 Å². The van der Waals surface area contributed by atoms with E-state index in [2.05, 4.69) is 6.58 Å². The van der Waals surface area contributed by atoms with Crippen molar-refractivity contribution >= 4 is 23.9 Å². The maximum atomic E-state index is 12.7. The van der Waals surface area contributed by atoms with E-state index in [1.165, 1.54) is 26.2 Å². The van der Waals surface area contributed by atoms with Gasteiger partial charge in [-0.15, -0.1) is 0 Å². The van der Waals surface area contributed by atoms with Crippen LogP contribution in [-0.4, -0.2) is 61.0 Å². The molecule has 1 aliphatic heterocycles. The molecule has 0 bridgehead atoms. The fourth-order valence-corrected chi connectivity index (χ4v) is 3.57. The number of fused-ring (bicyclic) bond motifs is 1. The number of allylic oxidation sites excluding steroid dienone is 2. The van der Waals surface area contributed by atoms with Gasteiger partial charge in [-0.3, -0.25) is 4.79 Å². The largest absolute Gasteiger partial charge is 0.466 e. The quantitative estimate of drug-likeness (QED) is 0.289. The van der Waals surface area contributed by atoms with Crippen molar-refractivity contribution in [2.45, 2.75) is 51.9 Å². The van der Waals surface area contributed by atoms with Gasteiger partial charge in [-0.05, 0) is 38.3 Å². The molecule has 0 radical (unpaired) electrons. The third-order valence-electron chi connectivity index (χ3n) is 5.37. The van der Waals surface area contributed by atoms with E-state index in [1.54, 1.807) is 13.0 Å². The molecular formula is C23H28O9. The highest BCUT2D eigenvalue weighted by molar-refractivity contribution is 5.93. The van der Waals surface area contributed by atoms with Crippen molar-refractivity contribution in [3.8, 4) is 0 Å². The molecular weight excluding hydrogens is 420 g/mol. The van der Waals surface area contributed by atoms with Crippen molar-refractivity contribution in [1.82, 2.24) is 0 Å². The van der Waals surface area contributed by atoms with Gasteiger partial charge in [-0.2, -0.15) is 0 Å². The average molecular weight is 448 g/mol. The smallest absolute Gasteiger partial charge is 0.337 e. The molecule has 2 rings (SSSR count). The lowest BCUT2D eigenvalue weighted by molar-refractivity contribution is -0.167. The average Bonchev–Trinajstić information content (AvgIpc) is 3.04. The highest BCUT2D eigenvalue weighted by Gasteiger charge is 2.50. The van der Waals surface area contributed by atoms with E-state index in [0.29, 0.717) is 12.0 Å². The monoisotopic (exact) mass is 448 g/mol. The van der Waals surface area contributed by atoms with Crippen LogP contribution in [0.25, 0.3) is 0 Å². The SMILES string of the molecule is C=C1C(=O)O[C@@H]2/C=C(\CO)CC/C=C(\C(=O)OC)[C@@H](OC(C)=O)[C@@H](OC(=O)/C(C)=C/C)[C@H]12. The van der Waals surface area contributed by atoms with Gasteiger partial charge in [-0.25, -0.2) is 14.4 Å². The van der Waals surface area contributed by atoms with Crippen LogP contribution in [-0.2, 0) is 38.1 Å². The fourth-order valence-electron chi connectivity index (χ4n) is 3.57. The molecule has 1 fully saturated rings. The summed E-state index contributed by atoms with van der Waals surface area (Å²) in [7, 11) is 1.17. The van der Waals surface area contributed by atoms with Crippen LogP contribution >= 0.6 is 0 Å². The van der Waals surface area contributed by atoms with E-state index in [9.17, 15) is 24.3 Å². The molecule has 0 aromatic rings. The van der Waals surface area contributed by atoms with Gasteiger partial charge < -0.3 is 24.1 Å². The molecule has 0 aromatic heterocycles. The van der Waals surface area contributed by atoms with Crippen molar-refractivity contribution in [3.63, 3.8) is 0 Å². The summed E-state index contributed by atoms with van der Waals surface area (Å²) in [6.45, 7) is 7.80. The molecule has 1 N–H and O–H groups in total. The van der Waals surface area contributed by atoms with Gasteiger partial charge in [0.15, 0.2) is 12.2 Å². The van der Waals surface area contributed by atoms with E-state index >= 15 is 0 Å². The molecule has 1 heterocycles. The zero-order valence-electron chi connectivity index (χ0n) is 18.6. The number of ether oxygens (including phenoxy) is 4. The summed E-state index contributed by atoms with van der Waals surface area (Å²) >= 11 is 0. The Morgan fingerprint density at radius 3 is 2.53 bits per heavy atom. The lowest BCUT2D eigenvalue weighted by Gasteiger charge is -2.33. The minimum Gasteiger partial charge on any atom is -0.466 e. The van der Waals surface area contributed by atoms with Gasteiger partial charge in [0, 0.05) is 18.1 Å². The highest BCUT2D eigenvalue weighted by Crippen LogP contribution is 2.38. The summed E-state index contributed by atoms with van der Waals surface area (Å²) in [5.41, 5.74) is 0.764. The van der Waals surface area contributed by atoms with Gasteiger partial charge in [0.05, 0.1) is 25.2 Å². The molecule has 1 aliphatic carbocycles. The number of carbonyl (C=O) groups is 4. The number of aliphatic hydroxyl groups excluding tert-OH is 1. The molecule has 9 nitrogen and oxygen atoms in total. The van der Waals surface area contributed by atoms with E-state index in [0.717, 1.165) is 6.92 Å². The summed E-state index contributed by atoms with van der Waals surface area (Å²) in [6.07, 6.45) is 1.59. The van der Waals surface area contributed by atoms with Gasteiger partial charge in [0.25, 0.3) is 0 Å². The Hall–Kier alpha value is -3.20. The predicted octanol–water partition coefficient (Wildman–Crippen LogP) is 1.71. The minimum atomic E-state index is -1.38. The number of hydrogen-bond donors (Lipinski definition) is 1. The minimum absolute atomic E-state index is 0.0126. The normalized spacial score (nSPS) is 29.5. The molecule has 4 atom stereocenters. The summed E-state index contributed by atoms with van der Waals surface area (Å²) in [5, 5.41) is 9.72. The molecule has 0 aromatic carbocycles. The van der Waals surface area contributed by atoms with Gasteiger partial charge in [0.1, 0.15) is 6.10 Å². The van der Waals surface area contributed by atoms with Crippen molar-refractivity contribution < 1.29 is 43.2 Å². The van der Waals surface area contributed by atoms with Crippen LogP contribution in [0.15, 0.2) is 47.1 Å². The highest BCUT2D eigenvalue weighted by atomic mass is 16.6. The second kappa shape index (κ2) is 10.9. The van der Waals surface area contributed by atoms with Crippen molar-refractivity contribution in [1.29, 1.82) is 0 Å². The summed E-state index contributed by atoms with van der Waals surface area (Å²) in [5.74, 6) is -3.95. The first-order chi connectivity index (χ1) is 15.1. The molecule has 0 amide bonds. The first-order valence-electron chi connectivity index (χ1n) is 10.1. The molecule has 2 aliphatic rings. The van der Waals surface area contributed by atoms with Crippen LogP contribution in [0.2, 0.25) is 0 Å². The maximum absolute atomic E-state index is 12.7.